The van der Waals surface area contributed by atoms with Gasteiger partial charge in [0.2, 0.25) is 5.91 Å². The highest BCUT2D eigenvalue weighted by Crippen LogP contribution is 2.31. The molecule has 0 unspecified atom stereocenters. The molecular formula is C22H26N2O4. The standard InChI is InChI=1S/C22H26N2O4/c1-2-3-4-7-14-27-18-12-10-17(11-13-18)23-21(25)15-24-16-22(26)28-20-9-6-5-8-19(20)24/h5-6,8-13H,2-4,7,14-16H2,1H3,(H,23,25). The summed E-state index contributed by atoms with van der Waals surface area (Å²) < 4.78 is 10.9. The zero-order valence-electron chi connectivity index (χ0n) is 16.1. The number of anilines is 2. The van der Waals surface area contributed by atoms with Crippen molar-refractivity contribution in [2.45, 2.75) is 32.6 Å². The molecular weight excluding hydrogens is 356 g/mol. The van der Waals surface area contributed by atoms with Crippen molar-refractivity contribution in [3.05, 3.63) is 48.5 Å². The highest BCUT2D eigenvalue weighted by molar-refractivity contribution is 5.96. The van der Waals surface area contributed by atoms with Crippen molar-refractivity contribution in [3.8, 4) is 11.5 Å². The maximum absolute atomic E-state index is 12.4. The van der Waals surface area contributed by atoms with Gasteiger partial charge >= 0.3 is 5.97 Å². The average molecular weight is 382 g/mol. The van der Waals surface area contributed by atoms with Crippen LogP contribution in [0.2, 0.25) is 0 Å². The number of nitrogens with one attached hydrogen (secondary N) is 1. The fourth-order valence-corrected chi connectivity index (χ4v) is 3.07. The van der Waals surface area contributed by atoms with Gasteiger partial charge in [-0.25, -0.2) is 4.79 Å². The molecule has 1 amide bonds. The van der Waals surface area contributed by atoms with Gasteiger partial charge in [-0.05, 0) is 42.8 Å². The molecule has 6 heteroatoms. The summed E-state index contributed by atoms with van der Waals surface area (Å²) in [4.78, 5) is 25.9. The predicted octanol–water partition coefficient (Wildman–Crippen LogP) is 4.01. The summed E-state index contributed by atoms with van der Waals surface area (Å²) >= 11 is 0. The van der Waals surface area contributed by atoms with Gasteiger partial charge in [0.05, 0.1) is 18.8 Å². The number of rotatable bonds is 9. The van der Waals surface area contributed by atoms with Crippen LogP contribution in [0, 0.1) is 0 Å². The van der Waals surface area contributed by atoms with Crippen LogP contribution in [0.3, 0.4) is 0 Å². The maximum Gasteiger partial charge on any atom is 0.331 e. The van der Waals surface area contributed by atoms with Crippen LogP contribution in [0.25, 0.3) is 0 Å². The lowest BCUT2D eigenvalue weighted by atomic mass is 10.2. The Bertz CT molecular complexity index is 804. The molecule has 2 aromatic carbocycles. The van der Waals surface area contributed by atoms with Crippen molar-refractivity contribution >= 4 is 23.3 Å². The van der Waals surface area contributed by atoms with Gasteiger partial charge in [-0.1, -0.05) is 38.3 Å². The van der Waals surface area contributed by atoms with E-state index >= 15 is 0 Å². The Morgan fingerprint density at radius 3 is 2.68 bits per heavy atom. The SMILES string of the molecule is CCCCCCOc1ccc(NC(=O)CN2CC(=O)Oc3ccccc32)cc1. The van der Waals surface area contributed by atoms with Crippen LogP contribution in [0.5, 0.6) is 11.5 Å². The molecule has 0 aromatic heterocycles. The van der Waals surface area contributed by atoms with Crippen molar-refractivity contribution in [2.75, 3.05) is 29.9 Å². The number of para-hydroxylation sites is 2. The summed E-state index contributed by atoms with van der Waals surface area (Å²) in [5, 5.41) is 2.86. The van der Waals surface area contributed by atoms with Crippen molar-refractivity contribution in [3.63, 3.8) is 0 Å². The Hall–Kier alpha value is -3.02. The first-order chi connectivity index (χ1) is 13.7. The van der Waals surface area contributed by atoms with Gasteiger partial charge in [0.25, 0.3) is 0 Å². The van der Waals surface area contributed by atoms with E-state index in [0.717, 1.165) is 17.9 Å². The molecule has 0 radical (unpaired) electrons. The Morgan fingerprint density at radius 1 is 1.11 bits per heavy atom. The molecule has 0 aliphatic carbocycles. The molecule has 1 N–H and O–H groups in total. The third kappa shape index (κ3) is 5.49. The number of benzene rings is 2. The first-order valence-electron chi connectivity index (χ1n) is 9.73. The largest absolute Gasteiger partial charge is 0.494 e. The monoisotopic (exact) mass is 382 g/mol. The van der Waals surface area contributed by atoms with Crippen molar-refractivity contribution in [1.82, 2.24) is 0 Å². The molecule has 28 heavy (non-hydrogen) atoms. The molecule has 1 aliphatic rings. The van der Waals surface area contributed by atoms with E-state index in [1.165, 1.54) is 19.3 Å². The molecule has 0 spiro atoms. The molecule has 0 bridgehead atoms. The number of carbonyl (C=O) groups excluding carboxylic acids is 2. The fraction of sp³-hybridized carbons (Fsp3) is 0.364. The van der Waals surface area contributed by atoms with Crippen LogP contribution < -0.4 is 19.7 Å². The second-order valence-electron chi connectivity index (χ2n) is 6.78. The Morgan fingerprint density at radius 2 is 1.89 bits per heavy atom. The first-order valence-corrected chi connectivity index (χ1v) is 9.73. The topological polar surface area (TPSA) is 67.9 Å². The van der Waals surface area contributed by atoms with E-state index < -0.39 is 0 Å². The van der Waals surface area contributed by atoms with Crippen LogP contribution in [-0.4, -0.2) is 31.6 Å². The molecule has 0 saturated carbocycles. The van der Waals surface area contributed by atoms with E-state index in [0.29, 0.717) is 18.0 Å². The minimum absolute atomic E-state index is 0.0508. The lowest BCUT2D eigenvalue weighted by molar-refractivity contribution is -0.133. The van der Waals surface area contributed by atoms with Crippen LogP contribution in [-0.2, 0) is 9.59 Å². The van der Waals surface area contributed by atoms with Crippen molar-refractivity contribution in [1.29, 1.82) is 0 Å². The van der Waals surface area contributed by atoms with Gasteiger partial charge in [0.1, 0.15) is 12.3 Å². The quantitative estimate of drug-likeness (QED) is 0.403. The molecule has 0 atom stereocenters. The van der Waals surface area contributed by atoms with Crippen LogP contribution in [0.4, 0.5) is 11.4 Å². The molecule has 0 fully saturated rings. The first kappa shape index (κ1) is 19.7. The van der Waals surface area contributed by atoms with E-state index in [-0.39, 0.29) is 25.0 Å². The third-order valence-electron chi connectivity index (χ3n) is 4.49. The number of carbonyl (C=O) groups is 2. The number of amides is 1. The average Bonchev–Trinajstić information content (AvgIpc) is 2.69. The molecule has 148 valence electrons. The zero-order chi connectivity index (χ0) is 19.8. The summed E-state index contributed by atoms with van der Waals surface area (Å²) in [5.41, 5.74) is 1.43. The number of nitrogens with zero attached hydrogens (tertiary/aromatic N) is 1. The van der Waals surface area contributed by atoms with E-state index in [1.807, 2.05) is 36.4 Å². The van der Waals surface area contributed by atoms with E-state index in [2.05, 4.69) is 12.2 Å². The van der Waals surface area contributed by atoms with Gasteiger partial charge in [-0.15, -0.1) is 0 Å². The number of hydrogen-bond donors (Lipinski definition) is 1. The lowest BCUT2D eigenvalue weighted by Gasteiger charge is -2.29. The van der Waals surface area contributed by atoms with Crippen LogP contribution in [0.1, 0.15) is 32.6 Å². The Balaban J connectivity index is 1.50. The molecule has 3 rings (SSSR count). The van der Waals surface area contributed by atoms with E-state index in [1.54, 1.807) is 17.0 Å². The third-order valence-corrected chi connectivity index (χ3v) is 4.49. The van der Waals surface area contributed by atoms with Crippen LogP contribution >= 0.6 is 0 Å². The summed E-state index contributed by atoms with van der Waals surface area (Å²) in [7, 11) is 0. The fourth-order valence-electron chi connectivity index (χ4n) is 3.07. The maximum atomic E-state index is 12.4. The van der Waals surface area contributed by atoms with E-state index in [9.17, 15) is 9.59 Å². The minimum Gasteiger partial charge on any atom is -0.494 e. The van der Waals surface area contributed by atoms with Crippen molar-refractivity contribution in [2.24, 2.45) is 0 Å². The van der Waals surface area contributed by atoms with E-state index in [4.69, 9.17) is 9.47 Å². The predicted molar refractivity (Wildman–Crippen MR) is 109 cm³/mol. The molecule has 1 heterocycles. The van der Waals surface area contributed by atoms with Gasteiger partial charge in [-0.3, -0.25) is 4.79 Å². The summed E-state index contributed by atoms with van der Waals surface area (Å²) in [6.45, 7) is 3.01. The van der Waals surface area contributed by atoms with Crippen LogP contribution in [0.15, 0.2) is 48.5 Å². The molecule has 1 aliphatic heterocycles. The highest BCUT2D eigenvalue weighted by Gasteiger charge is 2.25. The molecule has 0 saturated heterocycles. The normalized spacial score (nSPS) is 12.9. The summed E-state index contributed by atoms with van der Waals surface area (Å²) in [5.74, 6) is 0.707. The van der Waals surface area contributed by atoms with Gasteiger partial charge < -0.3 is 19.7 Å². The van der Waals surface area contributed by atoms with Gasteiger partial charge in [0.15, 0.2) is 5.75 Å². The second-order valence-corrected chi connectivity index (χ2v) is 6.78. The number of ether oxygens (including phenoxy) is 2. The lowest BCUT2D eigenvalue weighted by Crippen LogP contribution is -2.41. The zero-order valence-corrected chi connectivity index (χ0v) is 16.1. The Labute approximate surface area is 165 Å². The second kappa shape index (κ2) is 9.78. The molecule has 2 aromatic rings. The number of fused-ring (bicyclic) bond motifs is 1. The summed E-state index contributed by atoms with van der Waals surface area (Å²) in [6.07, 6.45) is 4.66. The number of esters is 1. The number of unbranched alkanes of at least 4 members (excludes halogenated alkanes) is 3. The smallest absolute Gasteiger partial charge is 0.331 e. The minimum atomic E-state index is -0.369. The van der Waals surface area contributed by atoms with Gasteiger partial charge in [-0.2, -0.15) is 0 Å². The summed E-state index contributed by atoms with van der Waals surface area (Å²) in [6, 6.07) is 14.5. The number of hydrogen-bond acceptors (Lipinski definition) is 5. The molecule has 6 nitrogen and oxygen atoms in total. The Kier molecular flexibility index (Phi) is 6.89. The van der Waals surface area contributed by atoms with Crippen molar-refractivity contribution < 1.29 is 19.1 Å². The highest BCUT2D eigenvalue weighted by atomic mass is 16.5. The van der Waals surface area contributed by atoms with Gasteiger partial charge in [0, 0.05) is 5.69 Å².